The first kappa shape index (κ1) is 15.9. The molecule has 1 aliphatic carbocycles. The van der Waals surface area contributed by atoms with Gasteiger partial charge in [-0.15, -0.1) is 0 Å². The molecule has 2 unspecified atom stereocenters. The second-order valence-corrected chi connectivity index (χ2v) is 8.08. The summed E-state index contributed by atoms with van der Waals surface area (Å²) in [6.45, 7) is 6.24. The second-order valence-electron chi connectivity index (χ2n) is 8.08. The first-order chi connectivity index (χ1) is 11.7. The average molecular weight is 327 g/mol. The number of hydrogen-bond donors (Lipinski definition) is 0. The van der Waals surface area contributed by atoms with Gasteiger partial charge in [0.2, 0.25) is 5.91 Å². The summed E-state index contributed by atoms with van der Waals surface area (Å²) in [4.78, 5) is 21.7. The van der Waals surface area contributed by atoms with Crippen molar-refractivity contribution in [1.82, 2.24) is 9.88 Å². The third-order valence-corrected chi connectivity index (χ3v) is 6.38. The molecule has 1 aromatic heterocycles. The molecule has 1 saturated carbocycles. The number of pyridine rings is 1. The summed E-state index contributed by atoms with van der Waals surface area (Å²) in [6, 6.07) is 4.20. The van der Waals surface area contributed by atoms with E-state index in [0.29, 0.717) is 11.8 Å². The van der Waals surface area contributed by atoms with Crippen molar-refractivity contribution in [2.75, 3.05) is 31.1 Å². The maximum absolute atomic E-state index is 12.6. The van der Waals surface area contributed by atoms with Crippen LogP contribution in [0.25, 0.3) is 0 Å². The van der Waals surface area contributed by atoms with Gasteiger partial charge in [0.25, 0.3) is 0 Å². The maximum Gasteiger partial charge on any atom is 0.222 e. The minimum absolute atomic E-state index is 0.413. The first-order valence-corrected chi connectivity index (χ1v) is 9.64. The van der Waals surface area contributed by atoms with Gasteiger partial charge in [-0.2, -0.15) is 0 Å². The van der Waals surface area contributed by atoms with E-state index in [1.165, 1.54) is 24.8 Å². The number of piperidine rings is 1. The summed E-state index contributed by atoms with van der Waals surface area (Å²) in [5.41, 5.74) is 1.26. The Bertz CT molecular complexity index is 582. The van der Waals surface area contributed by atoms with Crippen molar-refractivity contribution in [3.8, 4) is 0 Å². The summed E-state index contributed by atoms with van der Waals surface area (Å²) >= 11 is 0. The number of aryl methyl sites for hydroxylation is 1. The van der Waals surface area contributed by atoms with Crippen LogP contribution in [0.3, 0.4) is 0 Å². The molecule has 4 rings (SSSR count). The fourth-order valence-corrected chi connectivity index (χ4v) is 4.87. The van der Waals surface area contributed by atoms with Gasteiger partial charge in [0.1, 0.15) is 5.82 Å². The lowest BCUT2D eigenvalue weighted by molar-refractivity contribution is -0.131. The zero-order chi connectivity index (χ0) is 16.5. The Morgan fingerprint density at radius 3 is 2.54 bits per heavy atom. The Morgan fingerprint density at radius 1 is 1.17 bits per heavy atom. The van der Waals surface area contributed by atoms with Gasteiger partial charge >= 0.3 is 0 Å². The molecule has 2 saturated heterocycles. The Balaban J connectivity index is 1.26. The van der Waals surface area contributed by atoms with E-state index in [0.717, 1.165) is 63.1 Å². The van der Waals surface area contributed by atoms with E-state index >= 15 is 0 Å². The van der Waals surface area contributed by atoms with Gasteiger partial charge in [-0.1, -0.05) is 6.42 Å². The number of aromatic nitrogens is 1. The molecule has 4 heteroatoms. The molecule has 1 aromatic rings. The minimum atomic E-state index is 0.413. The largest absolute Gasteiger partial charge is 0.357 e. The van der Waals surface area contributed by atoms with Crippen LogP contribution in [0.5, 0.6) is 0 Å². The van der Waals surface area contributed by atoms with Gasteiger partial charge in [0.05, 0.1) is 0 Å². The number of fused-ring (bicyclic) bond motifs is 1. The molecule has 4 nitrogen and oxygen atoms in total. The topological polar surface area (TPSA) is 36.4 Å². The van der Waals surface area contributed by atoms with Crippen LogP contribution < -0.4 is 4.90 Å². The van der Waals surface area contributed by atoms with Crippen molar-refractivity contribution in [2.45, 2.75) is 45.4 Å². The molecule has 2 aliphatic heterocycles. The lowest BCUT2D eigenvalue weighted by atomic mass is 9.93. The van der Waals surface area contributed by atoms with Crippen LogP contribution in [0.4, 0.5) is 5.82 Å². The summed E-state index contributed by atoms with van der Waals surface area (Å²) in [5.74, 6) is 3.68. The number of carbonyl (C=O) groups excluding carboxylic acids is 1. The third kappa shape index (κ3) is 3.28. The molecule has 0 radical (unpaired) electrons. The smallest absolute Gasteiger partial charge is 0.222 e. The van der Waals surface area contributed by atoms with Gasteiger partial charge in [-0.3, -0.25) is 4.79 Å². The highest BCUT2D eigenvalue weighted by molar-refractivity contribution is 5.76. The monoisotopic (exact) mass is 327 g/mol. The molecule has 0 aromatic carbocycles. The van der Waals surface area contributed by atoms with Gasteiger partial charge in [-0.25, -0.2) is 4.98 Å². The van der Waals surface area contributed by atoms with Gasteiger partial charge in [0, 0.05) is 38.8 Å². The molecule has 3 heterocycles. The molecule has 0 N–H and O–H groups in total. The lowest BCUT2D eigenvalue weighted by Crippen LogP contribution is -2.37. The number of anilines is 1. The van der Waals surface area contributed by atoms with Crippen LogP contribution in [-0.2, 0) is 4.79 Å². The highest BCUT2D eigenvalue weighted by atomic mass is 16.2. The number of amides is 1. The quantitative estimate of drug-likeness (QED) is 0.855. The second kappa shape index (κ2) is 6.73. The van der Waals surface area contributed by atoms with Crippen LogP contribution in [0.15, 0.2) is 18.3 Å². The van der Waals surface area contributed by atoms with Crippen molar-refractivity contribution in [3.05, 3.63) is 23.9 Å². The Morgan fingerprint density at radius 2 is 1.88 bits per heavy atom. The van der Waals surface area contributed by atoms with E-state index in [1.54, 1.807) is 0 Å². The Hall–Kier alpha value is -1.58. The molecule has 0 bridgehead atoms. The molecule has 1 amide bonds. The summed E-state index contributed by atoms with van der Waals surface area (Å²) in [5, 5.41) is 0. The predicted octanol–water partition coefficient (Wildman–Crippen LogP) is 3.26. The van der Waals surface area contributed by atoms with Crippen molar-refractivity contribution < 1.29 is 4.79 Å². The first-order valence-electron chi connectivity index (χ1n) is 9.64. The molecular weight excluding hydrogens is 298 g/mol. The van der Waals surface area contributed by atoms with E-state index in [2.05, 4.69) is 27.8 Å². The number of hydrogen-bond acceptors (Lipinski definition) is 3. The van der Waals surface area contributed by atoms with Crippen molar-refractivity contribution in [2.24, 2.45) is 17.8 Å². The van der Waals surface area contributed by atoms with E-state index < -0.39 is 0 Å². The van der Waals surface area contributed by atoms with Crippen LogP contribution in [0, 0.1) is 24.7 Å². The molecule has 2 atom stereocenters. The van der Waals surface area contributed by atoms with E-state index in [1.807, 2.05) is 12.3 Å². The van der Waals surface area contributed by atoms with Crippen LogP contribution in [-0.4, -0.2) is 42.0 Å². The number of nitrogens with zero attached hydrogens (tertiary/aromatic N) is 3. The average Bonchev–Trinajstić information content (AvgIpc) is 3.17. The molecule has 0 spiro atoms. The highest BCUT2D eigenvalue weighted by Gasteiger charge is 2.38. The van der Waals surface area contributed by atoms with Gasteiger partial charge < -0.3 is 9.80 Å². The third-order valence-electron chi connectivity index (χ3n) is 6.38. The van der Waals surface area contributed by atoms with Crippen LogP contribution in [0.2, 0.25) is 0 Å². The Kier molecular flexibility index (Phi) is 4.47. The molecule has 3 aliphatic rings. The standard InChI is InChI=1S/C20H29N3O/c1-15-5-8-21-19(11-15)22-9-6-16(7-10-22)12-20(24)23-13-17-3-2-4-18(17)14-23/h5,8,11,16-18H,2-4,6-7,9-10,12-14H2,1H3. The normalized spacial score (nSPS) is 27.5. The van der Waals surface area contributed by atoms with Crippen LogP contribution in [0.1, 0.15) is 44.1 Å². The highest BCUT2D eigenvalue weighted by Crippen LogP contribution is 2.38. The maximum atomic E-state index is 12.6. The number of rotatable bonds is 3. The molecule has 130 valence electrons. The van der Waals surface area contributed by atoms with Gasteiger partial charge in [0.15, 0.2) is 0 Å². The molecule has 3 fully saturated rings. The number of carbonyl (C=O) groups is 1. The van der Waals surface area contributed by atoms with E-state index in [4.69, 9.17) is 0 Å². The minimum Gasteiger partial charge on any atom is -0.357 e. The SMILES string of the molecule is Cc1ccnc(N2CCC(CC(=O)N3CC4CCCC4C3)CC2)c1. The lowest BCUT2D eigenvalue weighted by Gasteiger charge is -2.33. The van der Waals surface area contributed by atoms with Crippen LogP contribution >= 0.6 is 0 Å². The predicted molar refractivity (Wildman–Crippen MR) is 95.9 cm³/mol. The molecule has 24 heavy (non-hydrogen) atoms. The zero-order valence-corrected chi connectivity index (χ0v) is 14.8. The zero-order valence-electron chi connectivity index (χ0n) is 14.8. The Labute approximate surface area is 145 Å². The fraction of sp³-hybridized carbons (Fsp3) is 0.700. The summed E-state index contributed by atoms with van der Waals surface area (Å²) < 4.78 is 0. The van der Waals surface area contributed by atoms with Crippen molar-refractivity contribution in [3.63, 3.8) is 0 Å². The van der Waals surface area contributed by atoms with Crippen molar-refractivity contribution >= 4 is 11.7 Å². The van der Waals surface area contributed by atoms with Gasteiger partial charge in [-0.05, 0) is 68.1 Å². The molecular formula is C20H29N3O. The number of likely N-dealkylation sites (tertiary alicyclic amines) is 1. The van der Waals surface area contributed by atoms with Crippen molar-refractivity contribution in [1.29, 1.82) is 0 Å². The summed E-state index contributed by atoms with van der Waals surface area (Å²) in [7, 11) is 0. The van der Waals surface area contributed by atoms with E-state index in [-0.39, 0.29) is 0 Å². The fourth-order valence-electron chi connectivity index (χ4n) is 4.87. The summed E-state index contributed by atoms with van der Waals surface area (Å²) in [6.07, 6.45) is 8.94. The van der Waals surface area contributed by atoms with E-state index in [9.17, 15) is 4.79 Å².